The number of nitro groups is 1. The second-order valence-corrected chi connectivity index (χ2v) is 4.91. The van der Waals surface area contributed by atoms with Crippen LogP contribution in [-0.2, 0) is 6.54 Å². The number of aromatic nitrogens is 2. The number of nitrogens with zero attached hydrogens (tertiary/aromatic N) is 3. The maximum absolute atomic E-state index is 10.9. The second kappa shape index (κ2) is 4.92. The maximum atomic E-state index is 10.9. The van der Waals surface area contributed by atoms with Crippen LogP contribution in [0.3, 0.4) is 0 Å². The lowest BCUT2D eigenvalue weighted by Gasteiger charge is -2.05. The summed E-state index contributed by atoms with van der Waals surface area (Å²) in [6.07, 6.45) is 0. The highest BCUT2D eigenvalue weighted by atomic mass is 127. The lowest BCUT2D eigenvalue weighted by molar-refractivity contribution is -0.385. The first kappa shape index (κ1) is 12.8. The van der Waals surface area contributed by atoms with Crippen LogP contribution >= 0.6 is 22.6 Å². The van der Waals surface area contributed by atoms with E-state index in [1.165, 1.54) is 6.07 Å². The molecule has 0 unspecified atom stereocenters. The molecule has 0 atom stereocenters. The second-order valence-electron chi connectivity index (χ2n) is 3.83. The Bertz CT molecular complexity index is 609. The molecule has 0 aliphatic heterocycles. The molecule has 0 spiro atoms. The van der Waals surface area contributed by atoms with Gasteiger partial charge in [-0.2, -0.15) is 5.10 Å². The summed E-state index contributed by atoms with van der Waals surface area (Å²) >= 11 is 2.11. The quantitative estimate of drug-likeness (QED) is 0.518. The van der Waals surface area contributed by atoms with Gasteiger partial charge in [-0.25, -0.2) is 4.68 Å². The average Bonchev–Trinajstić information content (AvgIpc) is 2.57. The summed E-state index contributed by atoms with van der Waals surface area (Å²) < 4.78 is 2.46. The first-order valence-corrected chi connectivity index (χ1v) is 6.29. The van der Waals surface area contributed by atoms with E-state index >= 15 is 0 Å². The summed E-state index contributed by atoms with van der Waals surface area (Å²) in [6.45, 7) is 2.15. The molecule has 6 nitrogen and oxygen atoms in total. The van der Waals surface area contributed by atoms with Gasteiger partial charge >= 0.3 is 0 Å². The number of benzene rings is 1. The van der Waals surface area contributed by atoms with E-state index < -0.39 is 4.92 Å². The summed E-state index contributed by atoms with van der Waals surface area (Å²) in [6, 6.07) is 6.59. The van der Waals surface area contributed by atoms with Crippen LogP contribution < -0.4 is 5.73 Å². The molecule has 7 heteroatoms. The zero-order valence-corrected chi connectivity index (χ0v) is 11.8. The molecule has 0 bridgehead atoms. The minimum Gasteiger partial charge on any atom is -0.383 e. The molecule has 0 aliphatic rings. The van der Waals surface area contributed by atoms with Crippen molar-refractivity contribution in [2.24, 2.45) is 0 Å². The Labute approximate surface area is 117 Å². The molecule has 0 radical (unpaired) electrons. The van der Waals surface area contributed by atoms with Gasteiger partial charge in [0.2, 0.25) is 0 Å². The molecule has 0 aliphatic carbocycles. The van der Waals surface area contributed by atoms with Gasteiger partial charge in [0, 0.05) is 6.07 Å². The number of nitrogens with two attached hydrogens (primary N) is 1. The van der Waals surface area contributed by atoms with E-state index in [0.717, 1.165) is 9.26 Å². The number of halogens is 1. The normalized spacial score (nSPS) is 10.6. The van der Waals surface area contributed by atoms with Crippen LogP contribution in [0.25, 0.3) is 0 Å². The van der Waals surface area contributed by atoms with Gasteiger partial charge in [0.05, 0.1) is 26.3 Å². The molecule has 0 fully saturated rings. The van der Waals surface area contributed by atoms with E-state index in [-0.39, 0.29) is 5.69 Å². The van der Waals surface area contributed by atoms with Crippen LogP contribution in [0.5, 0.6) is 0 Å². The number of aryl methyl sites for hydroxylation is 1. The maximum Gasteiger partial charge on any atom is 0.274 e. The van der Waals surface area contributed by atoms with E-state index in [0.29, 0.717) is 17.9 Å². The van der Waals surface area contributed by atoms with Gasteiger partial charge in [-0.3, -0.25) is 10.1 Å². The third-order valence-corrected chi connectivity index (χ3v) is 3.93. The van der Waals surface area contributed by atoms with E-state index in [4.69, 9.17) is 5.73 Å². The van der Waals surface area contributed by atoms with Crippen molar-refractivity contribution in [3.05, 3.63) is 49.2 Å². The van der Waals surface area contributed by atoms with Crippen molar-refractivity contribution >= 4 is 34.1 Å². The highest BCUT2D eigenvalue weighted by Crippen LogP contribution is 2.23. The number of anilines is 1. The summed E-state index contributed by atoms with van der Waals surface area (Å²) in [5.41, 5.74) is 7.40. The molecular formula is C11H11IN4O2. The predicted octanol–water partition coefficient (Wildman–Crippen LogP) is 2.33. The van der Waals surface area contributed by atoms with Gasteiger partial charge in [-0.05, 0) is 29.5 Å². The number of nitrogen functional groups attached to an aromatic ring is 1. The van der Waals surface area contributed by atoms with E-state index in [9.17, 15) is 10.1 Å². The molecule has 0 saturated carbocycles. The van der Waals surface area contributed by atoms with E-state index in [2.05, 4.69) is 27.7 Å². The Morgan fingerprint density at radius 3 is 2.72 bits per heavy atom. The molecule has 18 heavy (non-hydrogen) atoms. The average molecular weight is 358 g/mol. The molecule has 2 N–H and O–H groups in total. The molecule has 94 valence electrons. The van der Waals surface area contributed by atoms with E-state index in [1.807, 2.05) is 6.92 Å². The molecule has 0 amide bonds. The van der Waals surface area contributed by atoms with Gasteiger partial charge < -0.3 is 5.73 Å². The first-order chi connectivity index (χ1) is 8.50. The molecular weight excluding hydrogens is 347 g/mol. The van der Waals surface area contributed by atoms with Crippen LogP contribution in [0.4, 0.5) is 11.5 Å². The van der Waals surface area contributed by atoms with Crippen molar-refractivity contribution in [3.8, 4) is 0 Å². The molecule has 1 aromatic carbocycles. The lowest BCUT2D eigenvalue weighted by atomic mass is 10.2. The largest absolute Gasteiger partial charge is 0.383 e. The minimum atomic E-state index is -0.396. The topological polar surface area (TPSA) is 87.0 Å². The Kier molecular flexibility index (Phi) is 3.50. The lowest BCUT2D eigenvalue weighted by Crippen LogP contribution is -2.08. The fourth-order valence-corrected chi connectivity index (χ4v) is 2.07. The van der Waals surface area contributed by atoms with Crippen molar-refractivity contribution in [3.63, 3.8) is 0 Å². The third-order valence-electron chi connectivity index (χ3n) is 2.60. The van der Waals surface area contributed by atoms with Crippen molar-refractivity contribution in [1.82, 2.24) is 9.78 Å². The zero-order valence-electron chi connectivity index (χ0n) is 9.63. The van der Waals surface area contributed by atoms with Crippen LogP contribution in [0.1, 0.15) is 11.3 Å². The fourth-order valence-electron chi connectivity index (χ4n) is 1.68. The van der Waals surface area contributed by atoms with Crippen LogP contribution in [0, 0.1) is 20.6 Å². The van der Waals surface area contributed by atoms with Crippen molar-refractivity contribution in [1.29, 1.82) is 0 Å². The summed E-state index contributed by atoms with van der Waals surface area (Å²) in [7, 11) is 0. The fraction of sp³-hybridized carbons (Fsp3) is 0.182. The SMILES string of the molecule is Cc1nn(Cc2ccccc2[N+](=O)[O-])c(N)c1I. The molecule has 0 saturated heterocycles. The van der Waals surface area contributed by atoms with Crippen molar-refractivity contribution < 1.29 is 4.92 Å². The highest BCUT2D eigenvalue weighted by Gasteiger charge is 2.16. The van der Waals surface area contributed by atoms with E-state index in [1.54, 1.807) is 22.9 Å². The van der Waals surface area contributed by atoms with Crippen molar-refractivity contribution in [2.75, 3.05) is 5.73 Å². The van der Waals surface area contributed by atoms with Crippen LogP contribution in [0.2, 0.25) is 0 Å². The Balaban J connectivity index is 2.40. The standard InChI is InChI=1S/C11H11IN4O2/c1-7-10(12)11(13)15(14-7)6-8-4-2-3-5-9(8)16(17)18/h2-5H,6,13H2,1H3. The van der Waals surface area contributed by atoms with Crippen LogP contribution in [-0.4, -0.2) is 14.7 Å². The van der Waals surface area contributed by atoms with Gasteiger partial charge in [0.1, 0.15) is 5.82 Å². The summed E-state index contributed by atoms with van der Waals surface area (Å²) in [5, 5.41) is 15.2. The predicted molar refractivity (Wildman–Crippen MR) is 76.3 cm³/mol. The summed E-state index contributed by atoms with van der Waals surface area (Å²) in [4.78, 5) is 10.5. The number of nitro benzene ring substituents is 1. The Morgan fingerprint density at radius 1 is 1.50 bits per heavy atom. The Hall–Kier alpha value is -1.64. The number of hydrogen-bond acceptors (Lipinski definition) is 4. The smallest absolute Gasteiger partial charge is 0.274 e. The van der Waals surface area contributed by atoms with Gasteiger partial charge in [-0.15, -0.1) is 0 Å². The summed E-state index contributed by atoms with van der Waals surface area (Å²) in [5.74, 6) is 0.534. The number of hydrogen-bond donors (Lipinski definition) is 1. The minimum absolute atomic E-state index is 0.0834. The van der Waals surface area contributed by atoms with Crippen LogP contribution in [0.15, 0.2) is 24.3 Å². The monoisotopic (exact) mass is 358 g/mol. The Morgan fingerprint density at radius 2 is 2.17 bits per heavy atom. The highest BCUT2D eigenvalue weighted by molar-refractivity contribution is 14.1. The molecule has 2 rings (SSSR count). The van der Waals surface area contributed by atoms with Gasteiger partial charge in [0.15, 0.2) is 0 Å². The molecule has 1 heterocycles. The molecule has 1 aromatic heterocycles. The third kappa shape index (κ3) is 2.30. The number of rotatable bonds is 3. The van der Waals surface area contributed by atoms with Crippen molar-refractivity contribution in [2.45, 2.75) is 13.5 Å². The number of para-hydroxylation sites is 1. The zero-order chi connectivity index (χ0) is 13.3. The molecule has 2 aromatic rings. The first-order valence-electron chi connectivity index (χ1n) is 5.21. The van der Waals surface area contributed by atoms with Gasteiger partial charge in [0.25, 0.3) is 5.69 Å². The van der Waals surface area contributed by atoms with Gasteiger partial charge in [-0.1, -0.05) is 18.2 Å².